The zero-order valence-corrected chi connectivity index (χ0v) is 16.9. The van der Waals surface area contributed by atoms with E-state index >= 15 is 0 Å². The Balaban J connectivity index is 2.04. The zero-order chi connectivity index (χ0) is 22.0. The largest absolute Gasteiger partial charge is 0.497 e. The van der Waals surface area contributed by atoms with Gasteiger partial charge in [0.05, 0.1) is 7.11 Å². The van der Waals surface area contributed by atoms with Crippen molar-refractivity contribution in [1.82, 2.24) is 4.98 Å². The molecule has 0 bridgehead atoms. The standard InChI is InChI=1S/C20H18F2N4O3S/c1-10(19(24)28)26(12-5-8-14(21)15(22)9-12)20-25-18(23)17(30-20)16(27)11-3-6-13(29-2)7-4-11/h3-10H,23H2,1-2H3,(H2,24,28)/t10-/m1/s1. The molecule has 156 valence electrons. The minimum absolute atomic E-state index is 0.0555. The molecule has 7 nitrogen and oxygen atoms in total. The second-order valence-electron chi connectivity index (χ2n) is 6.32. The summed E-state index contributed by atoms with van der Waals surface area (Å²) in [5.74, 6) is -2.72. The summed E-state index contributed by atoms with van der Waals surface area (Å²) in [5.41, 5.74) is 11.9. The molecule has 1 amide bonds. The van der Waals surface area contributed by atoms with Crippen LogP contribution in [0.1, 0.15) is 22.2 Å². The molecule has 10 heteroatoms. The maximum atomic E-state index is 13.8. The Kier molecular flexibility index (Phi) is 5.97. The molecule has 0 aliphatic carbocycles. The van der Waals surface area contributed by atoms with Gasteiger partial charge in [0.1, 0.15) is 22.5 Å². The van der Waals surface area contributed by atoms with Crippen LogP contribution in [0.4, 0.5) is 25.4 Å². The molecule has 3 aromatic rings. The van der Waals surface area contributed by atoms with E-state index in [4.69, 9.17) is 16.2 Å². The fourth-order valence-corrected chi connectivity index (χ4v) is 3.77. The van der Waals surface area contributed by atoms with Crippen LogP contribution < -0.4 is 21.1 Å². The number of nitrogens with zero attached hydrogens (tertiary/aromatic N) is 2. The number of ether oxygens (including phenoxy) is 1. The van der Waals surface area contributed by atoms with E-state index in [1.165, 1.54) is 25.0 Å². The molecule has 1 aromatic heterocycles. The number of carbonyl (C=O) groups excluding carboxylic acids is 2. The number of thiazole rings is 1. The topological polar surface area (TPSA) is 112 Å². The van der Waals surface area contributed by atoms with Gasteiger partial charge in [0.25, 0.3) is 0 Å². The molecule has 0 spiro atoms. The number of halogens is 2. The molecule has 0 fully saturated rings. The van der Waals surface area contributed by atoms with Gasteiger partial charge in [-0.05, 0) is 43.3 Å². The van der Waals surface area contributed by atoms with Crippen molar-refractivity contribution in [3.63, 3.8) is 0 Å². The van der Waals surface area contributed by atoms with Crippen molar-refractivity contribution in [3.8, 4) is 5.75 Å². The number of benzene rings is 2. The van der Waals surface area contributed by atoms with Gasteiger partial charge in [-0.15, -0.1) is 0 Å². The van der Waals surface area contributed by atoms with E-state index in [-0.39, 0.29) is 27.3 Å². The molecular weight excluding hydrogens is 414 g/mol. The number of carbonyl (C=O) groups is 2. The van der Waals surface area contributed by atoms with Crippen LogP contribution in [0.3, 0.4) is 0 Å². The van der Waals surface area contributed by atoms with Crippen LogP contribution in [0.5, 0.6) is 5.75 Å². The Hall–Kier alpha value is -3.53. The molecule has 4 N–H and O–H groups in total. The van der Waals surface area contributed by atoms with E-state index in [9.17, 15) is 18.4 Å². The van der Waals surface area contributed by atoms with Crippen molar-refractivity contribution in [2.45, 2.75) is 13.0 Å². The van der Waals surface area contributed by atoms with Crippen molar-refractivity contribution in [1.29, 1.82) is 0 Å². The van der Waals surface area contributed by atoms with Gasteiger partial charge in [-0.3, -0.25) is 9.59 Å². The van der Waals surface area contributed by atoms with Gasteiger partial charge in [0, 0.05) is 17.3 Å². The molecule has 0 aliphatic rings. The van der Waals surface area contributed by atoms with E-state index in [1.807, 2.05) is 0 Å². The molecule has 2 aromatic carbocycles. The van der Waals surface area contributed by atoms with E-state index < -0.39 is 23.6 Å². The summed E-state index contributed by atoms with van der Waals surface area (Å²) in [6.45, 7) is 1.48. The quantitative estimate of drug-likeness (QED) is 0.555. The summed E-state index contributed by atoms with van der Waals surface area (Å²) >= 11 is 0.916. The van der Waals surface area contributed by atoms with Crippen molar-refractivity contribution in [3.05, 3.63) is 64.5 Å². The highest BCUT2D eigenvalue weighted by Crippen LogP contribution is 2.36. The van der Waals surface area contributed by atoms with Crippen LogP contribution in [0.2, 0.25) is 0 Å². The highest BCUT2D eigenvalue weighted by atomic mass is 32.1. The van der Waals surface area contributed by atoms with E-state index in [0.717, 1.165) is 23.5 Å². The number of hydrogen-bond acceptors (Lipinski definition) is 7. The number of nitrogens with two attached hydrogens (primary N) is 2. The maximum Gasteiger partial charge on any atom is 0.240 e. The smallest absolute Gasteiger partial charge is 0.240 e. The lowest BCUT2D eigenvalue weighted by molar-refractivity contribution is -0.118. The number of primary amides is 1. The first-order valence-corrected chi connectivity index (χ1v) is 9.53. The highest BCUT2D eigenvalue weighted by molar-refractivity contribution is 7.18. The minimum atomic E-state index is -1.10. The number of methoxy groups -OCH3 is 1. The first-order chi connectivity index (χ1) is 14.2. The molecule has 1 atom stereocenters. The predicted molar refractivity (Wildman–Crippen MR) is 110 cm³/mol. The monoisotopic (exact) mass is 432 g/mol. The van der Waals surface area contributed by atoms with Crippen molar-refractivity contribution in [2.75, 3.05) is 17.7 Å². The fourth-order valence-electron chi connectivity index (χ4n) is 2.72. The summed E-state index contributed by atoms with van der Waals surface area (Å²) in [5, 5.41) is 0.140. The van der Waals surface area contributed by atoms with Crippen LogP contribution in [-0.2, 0) is 4.79 Å². The molecule has 0 unspecified atom stereocenters. The maximum absolute atomic E-state index is 13.8. The molecule has 30 heavy (non-hydrogen) atoms. The third kappa shape index (κ3) is 4.08. The summed E-state index contributed by atoms with van der Waals surface area (Å²) in [6, 6.07) is 8.58. The first kappa shape index (κ1) is 21.2. The third-order valence-corrected chi connectivity index (χ3v) is 5.46. The van der Waals surface area contributed by atoms with Gasteiger partial charge in [0.2, 0.25) is 11.7 Å². The van der Waals surface area contributed by atoms with Crippen LogP contribution in [0.25, 0.3) is 0 Å². The summed E-state index contributed by atoms with van der Waals surface area (Å²) in [6.07, 6.45) is 0. The number of anilines is 3. The lowest BCUT2D eigenvalue weighted by atomic mass is 10.1. The SMILES string of the molecule is COc1ccc(C(=O)c2sc(N(c3ccc(F)c(F)c3)[C@H](C)C(N)=O)nc2N)cc1. The number of ketones is 1. The molecular formula is C20H18F2N4O3S. The van der Waals surface area contributed by atoms with Crippen LogP contribution in [-0.4, -0.2) is 29.8 Å². The van der Waals surface area contributed by atoms with Crippen molar-refractivity contribution in [2.24, 2.45) is 5.73 Å². The molecule has 1 heterocycles. The fraction of sp³-hybridized carbons (Fsp3) is 0.150. The molecule has 0 radical (unpaired) electrons. The molecule has 0 saturated heterocycles. The summed E-state index contributed by atoms with van der Waals surface area (Å²) < 4.78 is 32.2. The van der Waals surface area contributed by atoms with Gasteiger partial charge in [0.15, 0.2) is 16.8 Å². The van der Waals surface area contributed by atoms with Gasteiger partial charge >= 0.3 is 0 Å². The Morgan fingerprint density at radius 2 is 1.80 bits per heavy atom. The lowest BCUT2D eigenvalue weighted by Gasteiger charge is -2.26. The zero-order valence-electron chi connectivity index (χ0n) is 16.1. The second-order valence-corrected chi connectivity index (χ2v) is 7.29. The van der Waals surface area contributed by atoms with E-state index in [2.05, 4.69) is 4.98 Å². The predicted octanol–water partition coefficient (Wildman–Crippen LogP) is 3.26. The van der Waals surface area contributed by atoms with Gasteiger partial charge in [-0.25, -0.2) is 13.8 Å². The first-order valence-electron chi connectivity index (χ1n) is 8.71. The Morgan fingerprint density at radius 3 is 2.37 bits per heavy atom. The van der Waals surface area contributed by atoms with Crippen LogP contribution in [0, 0.1) is 11.6 Å². The normalized spacial score (nSPS) is 11.7. The van der Waals surface area contributed by atoms with E-state index in [0.29, 0.717) is 11.3 Å². The molecule has 0 aliphatic heterocycles. The minimum Gasteiger partial charge on any atom is -0.497 e. The molecule has 3 rings (SSSR count). The summed E-state index contributed by atoms with van der Waals surface area (Å²) in [7, 11) is 1.51. The Labute approximate surface area is 174 Å². The average Bonchev–Trinajstić information content (AvgIpc) is 3.11. The third-order valence-electron chi connectivity index (χ3n) is 4.39. The highest BCUT2D eigenvalue weighted by Gasteiger charge is 2.28. The number of hydrogen-bond donors (Lipinski definition) is 2. The number of aromatic nitrogens is 1. The average molecular weight is 432 g/mol. The van der Waals surface area contributed by atoms with Crippen molar-refractivity contribution >= 4 is 39.7 Å². The number of nitrogen functional groups attached to an aromatic ring is 1. The van der Waals surface area contributed by atoms with Crippen LogP contribution in [0.15, 0.2) is 42.5 Å². The van der Waals surface area contributed by atoms with Crippen LogP contribution >= 0.6 is 11.3 Å². The Bertz CT molecular complexity index is 1100. The summed E-state index contributed by atoms with van der Waals surface area (Å²) in [4.78, 5) is 30.3. The van der Waals surface area contributed by atoms with Crippen molar-refractivity contribution < 1.29 is 23.1 Å². The lowest BCUT2D eigenvalue weighted by Crippen LogP contribution is -2.40. The number of amides is 1. The Morgan fingerprint density at radius 1 is 1.13 bits per heavy atom. The number of rotatable bonds is 7. The van der Waals surface area contributed by atoms with Gasteiger partial charge in [-0.2, -0.15) is 0 Å². The van der Waals surface area contributed by atoms with Gasteiger partial charge < -0.3 is 21.1 Å². The van der Waals surface area contributed by atoms with Gasteiger partial charge in [-0.1, -0.05) is 11.3 Å². The second kappa shape index (κ2) is 8.46. The molecule has 0 saturated carbocycles. The van der Waals surface area contributed by atoms with E-state index in [1.54, 1.807) is 24.3 Å².